The predicted molar refractivity (Wildman–Crippen MR) is 69.0 cm³/mol. The Morgan fingerprint density at radius 1 is 0.889 bits per heavy atom. The Labute approximate surface area is 109 Å². The molecule has 0 spiro atoms. The molecule has 104 valence electrons. The van der Waals surface area contributed by atoms with Gasteiger partial charge in [-0.1, -0.05) is 41.5 Å². The van der Waals surface area contributed by atoms with Crippen LogP contribution in [0.2, 0.25) is 0 Å². The summed E-state index contributed by atoms with van der Waals surface area (Å²) < 4.78 is 4.86. The summed E-state index contributed by atoms with van der Waals surface area (Å²) in [6, 6.07) is 0. The molecule has 0 rings (SSSR count). The molecule has 0 aliphatic carbocycles. The van der Waals surface area contributed by atoms with E-state index >= 15 is 0 Å². The molecule has 0 bridgehead atoms. The number of hydrogen-bond acceptors (Lipinski definition) is 4. The van der Waals surface area contributed by atoms with Crippen LogP contribution < -0.4 is 0 Å². The Kier molecular flexibility index (Phi) is 5.26. The number of ether oxygens (including phenoxy) is 1. The summed E-state index contributed by atoms with van der Waals surface area (Å²) in [7, 11) is 0. The number of carbonyl (C=O) groups excluding carboxylic acids is 3. The number of carbonyl (C=O) groups is 3. The summed E-state index contributed by atoms with van der Waals surface area (Å²) in [6.07, 6.45) is 0. The highest BCUT2D eigenvalue weighted by Gasteiger charge is 2.44. The highest BCUT2D eigenvalue weighted by atomic mass is 16.5. The monoisotopic (exact) mass is 256 g/mol. The average molecular weight is 256 g/mol. The minimum absolute atomic E-state index is 0.157. The highest BCUT2D eigenvalue weighted by molar-refractivity contribution is 6.19. The molecule has 18 heavy (non-hydrogen) atoms. The molecule has 0 aromatic carbocycles. The summed E-state index contributed by atoms with van der Waals surface area (Å²) in [5, 5.41) is 0. The molecule has 0 amide bonds. The largest absolute Gasteiger partial charge is 0.465 e. The van der Waals surface area contributed by atoms with Crippen molar-refractivity contribution < 1.29 is 19.1 Å². The zero-order valence-corrected chi connectivity index (χ0v) is 12.4. The average Bonchev–Trinajstić information content (AvgIpc) is 2.15. The van der Waals surface area contributed by atoms with E-state index in [9.17, 15) is 14.4 Å². The normalized spacial score (nSPS) is 12.4. The molecule has 0 saturated heterocycles. The van der Waals surface area contributed by atoms with Crippen molar-refractivity contribution in [1.82, 2.24) is 0 Å². The Morgan fingerprint density at radius 3 is 1.44 bits per heavy atom. The SMILES string of the molecule is CCOC(=O)C(C(=O)C(C)(C)C)C(=O)C(C)(C)C. The third-order valence-electron chi connectivity index (χ3n) is 2.53. The smallest absolute Gasteiger partial charge is 0.324 e. The van der Waals surface area contributed by atoms with E-state index in [0.29, 0.717) is 0 Å². The van der Waals surface area contributed by atoms with E-state index in [1.165, 1.54) is 0 Å². The van der Waals surface area contributed by atoms with Gasteiger partial charge in [-0.25, -0.2) is 0 Å². The van der Waals surface area contributed by atoms with Gasteiger partial charge >= 0.3 is 5.97 Å². The molecule has 4 nitrogen and oxygen atoms in total. The van der Waals surface area contributed by atoms with Crippen molar-refractivity contribution in [3.8, 4) is 0 Å². The fourth-order valence-electron chi connectivity index (χ4n) is 1.42. The zero-order valence-electron chi connectivity index (χ0n) is 12.4. The van der Waals surface area contributed by atoms with Gasteiger partial charge in [-0.3, -0.25) is 14.4 Å². The van der Waals surface area contributed by atoms with Crippen molar-refractivity contribution in [2.24, 2.45) is 16.7 Å². The van der Waals surface area contributed by atoms with E-state index in [2.05, 4.69) is 0 Å². The lowest BCUT2D eigenvalue weighted by molar-refractivity contribution is -0.159. The van der Waals surface area contributed by atoms with Crippen LogP contribution in [0.25, 0.3) is 0 Å². The number of esters is 1. The lowest BCUT2D eigenvalue weighted by atomic mass is 9.75. The first kappa shape index (κ1) is 16.8. The van der Waals surface area contributed by atoms with Gasteiger partial charge < -0.3 is 4.74 Å². The lowest BCUT2D eigenvalue weighted by Crippen LogP contribution is -2.44. The van der Waals surface area contributed by atoms with Gasteiger partial charge in [0.1, 0.15) is 0 Å². The fraction of sp³-hybridized carbons (Fsp3) is 0.786. The Balaban J connectivity index is 5.40. The molecule has 0 saturated carbocycles. The fourth-order valence-corrected chi connectivity index (χ4v) is 1.42. The first-order valence-electron chi connectivity index (χ1n) is 6.18. The molecule has 0 aromatic rings. The summed E-state index contributed by atoms with van der Waals surface area (Å²) >= 11 is 0. The van der Waals surface area contributed by atoms with E-state index in [1.807, 2.05) is 0 Å². The van der Waals surface area contributed by atoms with Crippen molar-refractivity contribution in [1.29, 1.82) is 0 Å². The van der Waals surface area contributed by atoms with E-state index < -0.39 is 22.7 Å². The summed E-state index contributed by atoms with van der Waals surface area (Å²) in [6.45, 7) is 12.0. The van der Waals surface area contributed by atoms with Crippen LogP contribution >= 0.6 is 0 Å². The second kappa shape index (κ2) is 5.63. The molecule has 4 heteroatoms. The molecule has 0 unspecified atom stereocenters. The van der Waals surface area contributed by atoms with Gasteiger partial charge in [0.15, 0.2) is 17.5 Å². The molecule has 0 heterocycles. The Bertz CT molecular complexity index is 316. The van der Waals surface area contributed by atoms with Gasteiger partial charge in [-0.05, 0) is 6.92 Å². The van der Waals surface area contributed by atoms with Crippen LogP contribution in [0.5, 0.6) is 0 Å². The van der Waals surface area contributed by atoms with E-state index in [0.717, 1.165) is 0 Å². The molecule has 0 aromatic heterocycles. The molecule has 0 N–H and O–H groups in total. The van der Waals surface area contributed by atoms with E-state index in [4.69, 9.17) is 4.74 Å². The molecule has 0 atom stereocenters. The maximum absolute atomic E-state index is 12.2. The Hall–Kier alpha value is -1.19. The van der Waals surface area contributed by atoms with Crippen molar-refractivity contribution in [3.63, 3.8) is 0 Å². The van der Waals surface area contributed by atoms with Crippen LogP contribution in [0, 0.1) is 16.7 Å². The summed E-state index contributed by atoms with van der Waals surface area (Å²) in [5.41, 5.74) is -1.50. The van der Waals surface area contributed by atoms with Gasteiger partial charge in [-0.15, -0.1) is 0 Å². The first-order valence-corrected chi connectivity index (χ1v) is 6.18. The van der Waals surface area contributed by atoms with Gasteiger partial charge in [0, 0.05) is 10.8 Å². The lowest BCUT2D eigenvalue weighted by Gasteiger charge is -2.27. The summed E-state index contributed by atoms with van der Waals surface area (Å²) in [5.74, 6) is -2.83. The van der Waals surface area contributed by atoms with Gasteiger partial charge in [0.05, 0.1) is 6.61 Å². The van der Waals surface area contributed by atoms with Crippen LogP contribution in [0.3, 0.4) is 0 Å². The van der Waals surface area contributed by atoms with Gasteiger partial charge in [-0.2, -0.15) is 0 Å². The van der Waals surface area contributed by atoms with Crippen LogP contribution in [-0.4, -0.2) is 24.1 Å². The minimum Gasteiger partial charge on any atom is -0.465 e. The van der Waals surface area contributed by atoms with E-state index in [1.54, 1.807) is 48.5 Å². The van der Waals surface area contributed by atoms with Crippen molar-refractivity contribution in [2.75, 3.05) is 6.61 Å². The van der Waals surface area contributed by atoms with Gasteiger partial charge in [0.25, 0.3) is 0 Å². The van der Waals surface area contributed by atoms with Crippen molar-refractivity contribution in [3.05, 3.63) is 0 Å². The quantitative estimate of drug-likeness (QED) is 0.572. The van der Waals surface area contributed by atoms with Crippen LogP contribution in [0.1, 0.15) is 48.5 Å². The predicted octanol–water partition coefficient (Wildman–Crippen LogP) is 2.40. The standard InChI is InChI=1S/C14H24O4/c1-8-18-12(17)9(10(15)13(2,3)4)11(16)14(5,6)7/h9H,8H2,1-7H3. The Morgan fingerprint density at radius 2 is 1.22 bits per heavy atom. The highest BCUT2D eigenvalue weighted by Crippen LogP contribution is 2.28. The third kappa shape index (κ3) is 4.24. The number of Topliss-reactive ketones (excluding diaryl/α,β-unsaturated/α-hetero) is 2. The first-order chi connectivity index (χ1) is 7.92. The molecule has 0 radical (unpaired) electrons. The van der Waals surface area contributed by atoms with Crippen LogP contribution in [-0.2, 0) is 19.1 Å². The molecular weight excluding hydrogens is 232 g/mol. The second-order valence-electron chi connectivity index (χ2n) is 6.41. The van der Waals surface area contributed by atoms with E-state index in [-0.39, 0.29) is 18.2 Å². The number of ketones is 2. The maximum atomic E-state index is 12.2. The van der Waals surface area contributed by atoms with Crippen molar-refractivity contribution >= 4 is 17.5 Å². The van der Waals surface area contributed by atoms with Crippen molar-refractivity contribution in [2.45, 2.75) is 48.5 Å². The molecular formula is C14H24O4. The topological polar surface area (TPSA) is 60.4 Å². The second-order valence-corrected chi connectivity index (χ2v) is 6.41. The molecule has 0 fully saturated rings. The molecule has 0 aliphatic heterocycles. The molecule has 0 aliphatic rings. The minimum atomic E-state index is -1.31. The van der Waals surface area contributed by atoms with Crippen LogP contribution in [0.4, 0.5) is 0 Å². The zero-order chi connectivity index (χ0) is 14.7. The van der Waals surface area contributed by atoms with Gasteiger partial charge in [0.2, 0.25) is 0 Å². The third-order valence-corrected chi connectivity index (χ3v) is 2.53. The number of hydrogen-bond donors (Lipinski definition) is 0. The maximum Gasteiger partial charge on any atom is 0.324 e. The summed E-state index contributed by atoms with van der Waals surface area (Å²) in [4.78, 5) is 36.4. The van der Waals surface area contributed by atoms with Crippen LogP contribution in [0.15, 0.2) is 0 Å². The number of rotatable bonds is 4.